The maximum Gasteiger partial charge on any atom is 0.292 e. The summed E-state index contributed by atoms with van der Waals surface area (Å²) in [6.45, 7) is 4.01. The molecule has 1 heterocycles. The lowest BCUT2D eigenvalue weighted by Crippen LogP contribution is -2.28. The molecule has 1 N–H and O–H groups in total. The first kappa shape index (κ1) is 19.3. The number of amides is 1. The number of carbonyl (C=O) groups excluding carboxylic acids is 1. The summed E-state index contributed by atoms with van der Waals surface area (Å²) in [5, 5.41) is 9.33. The Bertz CT molecular complexity index is 1320. The summed E-state index contributed by atoms with van der Waals surface area (Å²) >= 11 is 0. The molecule has 148 valence electrons. The van der Waals surface area contributed by atoms with Crippen LogP contribution in [0.15, 0.2) is 82.7 Å². The first-order valence-corrected chi connectivity index (χ1v) is 9.53. The van der Waals surface area contributed by atoms with Crippen molar-refractivity contribution in [2.45, 2.75) is 13.8 Å². The smallest absolute Gasteiger partial charge is 0.267 e. The van der Waals surface area contributed by atoms with E-state index in [1.165, 1.54) is 4.68 Å². The Hall–Kier alpha value is -4.06. The van der Waals surface area contributed by atoms with Crippen LogP contribution in [0.3, 0.4) is 0 Å². The van der Waals surface area contributed by atoms with Gasteiger partial charge in [-0.15, -0.1) is 0 Å². The molecule has 0 bridgehead atoms. The number of benzene rings is 3. The van der Waals surface area contributed by atoms with E-state index in [1.54, 1.807) is 42.6 Å². The molecule has 4 aromatic rings. The second kappa shape index (κ2) is 8.13. The monoisotopic (exact) mass is 396 g/mol. The Morgan fingerprint density at radius 1 is 0.967 bits per heavy atom. The zero-order valence-electron chi connectivity index (χ0n) is 16.7. The van der Waals surface area contributed by atoms with Gasteiger partial charge in [0.1, 0.15) is 0 Å². The summed E-state index contributed by atoms with van der Waals surface area (Å²) in [5.74, 6) is -0.489. The van der Waals surface area contributed by atoms with E-state index in [0.717, 1.165) is 16.7 Å². The molecule has 0 saturated heterocycles. The number of hydrogen-bond donors (Lipinski definition) is 1. The van der Waals surface area contributed by atoms with E-state index in [9.17, 15) is 9.59 Å². The number of nitrogens with one attached hydrogen (secondary N) is 1. The summed E-state index contributed by atoms with van der Waals surface area (Å²) in [7, 11) is 0. The van der Waals surface area contributed by atoms with Crippen molar-refractivity contribution in [3.05, 3.63) is 106 Å². The number of fused-ring (bicyclic) bond motifs is 1. The van der Waals surface area contributed by atoms with E-state index in [4.69, 9.17) is 0 Å². The molecule has 1 aromatic heterocycles. The van der Waals surface area contributed by atoms with E-state index in [0.29, 0.717) is 16.5 Å². The summed E-state index contributed by atoms with van der Waals surface area (Å²) in [6.07, 6.45) is 1.60. The average Bonchev–Trinajstić information content (AvgIpc) is 2.76. The normalized spacial score (nSPS) is 11.1. The number of hydrazone groups is 1. The fourth-order valence-electron chi connectivity index (χ4n) is 3.29. The molecule has 4 rings (SSSR count). The predicted octanol–water partition coefficient (Wildman–Crippen LogP) is 3.77. The van der Waals surface area contributed by atoms with Crippen LogP contribution in [0.4, 0.5) is 0 Å². The van der Waals surface area contributed by atoms with Gasteiger partial charge in [-0.3, -0.25) is 9.59 Å². The molecular weight excluding hydrogens is 376 g/mol. The highest BCUT2D eigenvalue weighted by Crippen LogP contribution is 2.15. The van der Waals surface area contributed by atoms with Crippen molar-refractivity contribution in [3.8, 4) is 5.69 Å². The van der Waals surface area contributed by atoms with Crippen molar-refractivity contribution in [2.75, 3.05) is 0 Å². The number of aryl methyl sites for hydroxylation is 2. The third-order valence-corrected chi connectivity index (χ3v) is 4.82. The van der Waals surface area contributed by atoms with Crippen LogP contribution in [0, 0.1) is 13.8 Å². The largest absolute Gasteiger partial charge is 0.292 e. The van der Waals surface area contributed by atoms with Gasteiger partial charge < -0.3 is 0 Å². The van der Waals surface area contributed by atoms with Crippen molar-refractivity contribution >= 4 is 22.9 Å². The SMILES string of the molecule is Cc1ccc(/C=N\NC(=O)c2nn(-c3ccccc3)c(=O)c3ccccc23)c(C)c1. The van der Waals surface area contributed by atoms with Gasteiger partial charge in [-0.2, -0.15) is 14.9 Å². The first-order chi connectivity index (χ1) is 14.5. The van der Waals surface area contributed by atoms with Gasteiger partial charge in [-0.1, -0.05) is 60.2 Å². The van der Waals surface area contributed by atoms with Gasteiger partial charge in [0.25, 0.3) is 11.5 Å². The molecule has 0 aliphatic rings. The van der Waals surface area contributed by atoms with Gasteiger partial charge in [0.2, 0.25) is 0 Å². The van der Waals surface area contributed by atoms with Gasteiger partial charge in [0.05, 0.1) is 17.3 Å². The number of para-hydroxylation sites is 1. The molecule has 0 fully saturated rings. The minimum Gasteiger partial charge on any atom is -0.267 e. The minimum absolute atomic E-state index is 0.131. The predicted molar refractivity (Wildman–Crippen MR) is 118 cm³/mol. The quantitative estimate of drug-likeness (QED) is 0.421. The summed E-state index contributed by atoms with van der Waals surface area (Å²) in [4.78, 5) is 25.8. The number of nitrogens with zero attached hydrogens (tertiary/aromatic N) is 3. The molecule has 6 heteroatoms. The van der Waals surface area contributed by atoms with Crippen LogP contribution >= 0.6 is 0 Å². The van der Waals surface area contributed by atoms with Crippen molar-refractivity contribution in [3.63, 3.8) is 0 Å². The average molecular weight is 396 g/mol. The standard InChI is InChI=1S/C24H20N4O2/c1-16-12-13-18(17(2)14-16)15-25-26-23(29)22-20-10-6-7-11-21(20)24(30)28(27-22)19-8-4-3-5-9-19/h3-15H,1-2H3,(H,26,29)/b25-15-. The Balaban J connectivity index is 1.72. The number of aromatic nitrogens is 2. The lowest BCUT2D eigenvalue weighted by atomic mass is 10.1. The molecular formula is C24H20N4O2. The van der Waals surface area contributed by atoms with Crippen LogP contribution in [-0.4, -0.2) is 21.9 Å². The van der Waals surface area contributed by atoms with Gasteiger partial charge in [-0.05, 0) is 43.2 Å². The summed E-state index contributed by atoms with van der Waals surface area (Å²) < 4.78 is 1.24. The van der Waals surface area contributed by atoms with Crippen LogP contribution in [0.25, 0.3) is 16.5 Å². The number of hydrogen-bond acceptors (Lipinski definition) is 4. The zero-order chi connectivity index (χ0) is 21.1. The highest BCUT2D eigenvalue weighted by Gasteiger charge is 2.17. The highest BCUT2D eigenvalue weighted by atomic mass is 16.2. The maximum absolute atomic E-state index is 12.9. The Morgan fingerprint density at radius 2 is 1.67 bits per heavy atom. The highest BCUT2D eigenvalue weighted by molar-refractivity contribution is 6.05. The van der Waals surface area contributed by atoms with Crippen molar-refractivity contribution in [2.24, 2.45) is 5.10 Å². The third-order valence-electron chi connectivity index (χ3n) is 4.82. The molecule has 0 saturated carbocycles. The van der Waals surface area contributed by atoms with Crippen LogP contribution < -0.4 is 11.0 Å². The van der Waals surface area contributed by atoms with Crippen molar-refractivity contribution < 1.29 is 4.79 Å². The van der Waals surface area contributed by atoms with E-state index in [-0.39, 0.29) is 11.3 Å². The maximum atomic E-state index is 12.9. The minimum atomic E-state index is -0.489. The molecule has 3 aromatic carbocycles. The van der Waals surface area contributed by atoms with E-state index >= 15 is 0 Å². The molecule has 0 unspecified atom stereocenters. The van der Waals surface area contributed by atoms with Gasteiger partial charge in [-0.25, -0.2) is 5.43 Å². The van der Waals surface area contributed by atoms with Gasteiger partial charge in [0, 0.05) is 5.39 Å². The van der Waals surface area contributed by atoms with Crippen LogP contribution in [0.2, 0.25) is 0 Å². The fraction of sp³-hybridized carbons (Fsp3) is 0.0833. The van der Waals surface area contributed by atoms with Crippen molar-refractivity contribution in [1.29, 1.82) is 0 Å². The molecule has 30 heavy (non-hydrogen) atoms. The molecule has 0 aliphatic carbocycles. The van der Waals surface area contributed by atoms with Gasteiger partial charge >= 0.3 is 0 Å². The van der Waals surface area contributed by atoms with Crippen LogP contribution in [0.1, 0.15) is 27.2 Å². The lowest BCUT2D eigenvalue weighted by Gasteiger charge is -2.10. The van der Waals surface area contributed by atoms with Gasteiger partial charge in [0.15, 0.2) is 5.69 Å². The third kappa shape index (κ3) is 3.75. The number of rotatable bonds is 4. The molecule has 1 amide bonds. The van der Waals surface area contributed by atoms with E-state index in [1.807, 2.05) is 50.2 Å². The Kier molecular flexibility index (Phi) is 5.22. The second-order valence-corrected chi connectivity index (χ2v) is 7.01. The topological polar surface area (TPSA) is 76.3 Å². The molecule has 0 radical (unpaired) electrons. The Labute approximate surface area is 173 Å². The fourth-order valence-corrected chi connectivity index (χ4v) is 3.29. The summed E-state index contributed by atoms with van der Waals surface area (Å²) in [5.41, 5.74) is 6.10. The number of carbonyl (C=O) groups is 1. The van der Waals surface area contributed by atoms with Crippen LogP contribution in [-0.2, 0) is 0 Å². The summed E-state index contributed by atoms with van der Waals surface area (Å²) in [6, 6.07) is 21.9. The van der Waals surface area contributed by atoms with E-state index < -0.39 is 5.91 Å². The van der Waals surface area contributed by atoms with Crippen LogP contribution in [0.5, 0.6) is 0 Å². The first-order valence-electron chi connectivity index (χ1n) is 9.53. The zero-order valence-corrected chi connectivity index (χ0v) is 16.7. The second-order valence-electron chi connectivity index (χ2n) is 7.01. The molecule has 0 spiro atoms. The van der Waals surface area contributed by atoms with Crippen molar-refractivity contribution in [1.82, 2.24) is 15.2 Å². The molecule has 0 aliphatic heterocycles. The molecule has 6 nitrogen and oxygen atoms in total. The lowest BCUT2D eigenvalue weighted by molar-refractivity contribution is 0.0950. The van der Waals surface area contributed by atoms with E-state index in [2.05, 4.69) is 15.6 Å². The Morgan fingerprint density at radius 3 is 2.40 bits per heavy atom. The molecule has 0 atom stereocenters.